The standard InChI is InChI=1S/C12H24N2OS/c1-9-7-10(5-6-13-9)11(15)14-8-12(2,3)16-4/h9-10,13H,5-8H2,1-4H3,(H,14,15)/t9-,10-/m0/s1. The first kappa shape index (κ1) is 13.8. The minimum absolute atomic E-state index is 0.133. The Morgan fingerprint density at radius 3 is 2.81 bits per heavy atom. The van der Waals surface area contributed by atoms with Gasteiger partial charge in [0.25, 0.3) is 0 Å². The number of piperidine rings is 1. The number of hydrogen-bond donors (Lipinski definition) is 2. The van der Waals surface area contributed by atoms with Gasteiger partial charge < -0.3 is 10.6 Å². The van der Waals surface area contributed by atoms with Crippen molar-refractivity contribution in [2.45, 2.75) is 44.4 Å². The summed E-state index contributed by atoms with van der Waals surface area (Å²) in [5.41, 5.74) is 0. The molecule has 0 unspecified atom stereocenters. The maximum atomic E-state index is 12.0. The molecule has 0 aromatic heterocycles. The normalized spacial score (nSPS) is 26.5. The van der Waals surface area contributed by atoms with Crippen LogP contribution in [0.15, 0.2) is 0 Å². The van der Waals surface area contributed by atoms with E-state index in [4.69, 9.17) is 0 Å². The molecule has 0 bridgehead atoms. The summed E-state index contributed by atoms with van der Waals surface area (Å²) in [7, 11) is 0. The fourth-order valence-electron chi connectivity index (χ4n) is 1.89. The van der Waals surface area contributed by atoms with Gasteiger partial charge in [0.15, 0.2) is 0 Å². The van der Waals surface area contributed by atoms with Gasteiger partial charge in [0, 0.05) is 23.3 Å². The number of nitrogens with one attached hydrogen (secondary N) is 2. The largest absolute Gasteiger partial charge is 0.354 e. The summed E-state index contributed by atoms with van der Waals surface area (Å²) in [6.07, 6.45) is 4.01. The highest BCUT2D eigenvalue weighted by atomic mass is 32.2. The van der Waals surface area contributed by atoms with E-state index in [-0.39, 0.29) is 16.6 Å². The maximum absolute atomic E-state index is 12.0. The smallest absolute Gasteiger partial charge is 0.223 e. The van der Waals surface area contributed by atoms with Crippen LogP contribution in [-0.2, 0) is 4.79 Å². The molecule has 0 aliphatic carbocycles. The van der Waals surface area contributed by atoms with Crippen LogP contribution in [0.5, 0.6) is 0 Å². The highest BCUT2D eigenvalue weighted by Crippen LogP contribution is 2.21. The zero-order chi connectivity index (χ0) is 12.2. The van der Waals surface area contributed by atoms with Crippen LogP contribution in [0.3, 0.4) is 0 Å². The molecule has 0 saturated carbocycles. The zero-order valence-corrected chi connectivity index (χ0v) is 11.6. The second kappa shape index (κ2) is 5.92. The summed E-state index contributed by atoms with van der Waals surface area (Å²) in [6, 6.07) is 0.470. The van der Waals surface area contributed by atoms with Crippen LogP contribution in [0.1, 0.15) is 33.6 Å². The van der Waals surface area contributed by atoms with E-state index in [9.17, 15) is 4.79 Å². The third-order valence-electron chi connectivity index (χ3n) is 3.24. The summed E-state index contributed by atoms with van der Waals surface area (Å²) in [6.45, 7) is 8.17. The van der Waals surface area contributed by atoms with E-state index >= 15 is 0 Å². The Bertz CT molecular complexity index is 243. The summed E-state index contributed by atoms with van der Waals surface area (Å²) in [5.74, 6) is 0.435. The molecular weight excluding hydrogens is 220 g/mol. The van der Waals surface area contributed by atoms with Crippen molar-refractivity contribution in [3.63, 3.8) is 0 Å². The minimum Gasteiger partial charge on any atom is -0.354 e. The van der Waals surface area contributed by atoms with Gasteiger partial charge in [-0.3, -0.25) is 4.79 Å². The zero-order valence-electron chi connectivity index (χ0n) is 10.8. The van der Waals surface area contributed by atoms with Gasteiger partial charge in [-0.1, -0.05) is 0 Å². The molecule has 94 valence electrons. The molecule has 1 heterocycles. The van der Waals surface area contributed by atoms with Crippen LogP contribution in [0.25, 0.3) is 0 Å². The predicted molar refractivity (Wildman–Crippen MR) is 70.8 cm³/mol. The van der Waals surface area contributed by atoms with Gasteiger partial charge in [-0.2, -0.15) is 11.8 Å². The van der Waals surface area contributed by atoms with Crippen molar-refractivity contribution in [3.8, 4) is 0 Å². The van der Waals surface area contributed by atoms with Gasteiger partial charge in [-0.05, 0) is 46.4 Å². The monoisotopic (exact) mass is 244 g/mol. The summed E-state index contributed by atoms with van der Waals surface area (Å²) in [4.78, 5) is 12.0. The Morgan fingerprint density at radius 2 is 2.25 bits per heavy atom. The lowest BCUT2D eigenvalue weighted by Gasteiger charge is -2.29. The molecule has 1 amide bonds. The van der Waals surface area contributed by atoms with E-state index in [1.54, 1.807) is 11.8 Å². The van der Waals surface area contributed by atoms with Gasteiger partial charge in [-0.25, -0.2) is 0 Å². The first-order chi connectivity index (χ1) is 7.44. The number of hydrogen-bond acceptors (Lipinski definition) is 3. The van der Waals surface area contributed by atoms with E-state index in [2.05, 4.69) is 37.7 Å². The number of carbonyl (C=O) groups excluding carboxylic acids is 1. The predicted octanol–water partition coefficient (Wildman–Crippen LogP) is 1.63. The molecule has 1 saturated heterocycles. The summed E-state index contributed by atoms with van der Waals surface area (Å²) >= 11 is 1.79. The average molecular weight is 244 g/mol. The molecule has 1 fully saturated rings. The van der Waals surface area contributed by atoms with E-state index in [1.165, 1.54) is 0 Å². The minimum atomic E-state index is 0.133. The molecule has 0 spiro atoms. The van der Waals surface area contributed by atoms with E-state index in [1.807, 2.05) is 0 Å². The Morgan fingerprint density at radius 1 is 1.56 bits per heavy atom. The fourth-order valence-corrected chi connectivity index (χ4v) is 2.10. The lowest BCUT2D eigenvalue weighted by atomic mass is 9.92. The van der Waals surface area contributed by atoms with Crippen molar-refractivity contribution >= 4 is 17.7 Å². The SMILES string of the molecule is CSC(C)(C)CNC(=O)[C@H]1CCN[C@@H](C)C1. The van der Waals surface area contributed by atoms with Crippen molar-refractivity contribution in [2.75, 3.05) is 19.3 Å². The molecule has 3 nitrogen and oxygen atoms in total. The topological polar surface area (TPSA) is 41.1 Å². The first-order valence-corrected chi connectivity index (χ1v) is 7.23. The second-order valence-corrected chi connectivity index (χ2v) is 6.77. The maximum Gasteiger partial charge on any atom is 0.223 e. The lowest BCUT2D eigenvalue weighted by Crippen LogP contribution is -2.45. The van der Waals surface area contributed by atoms with Crippen LogP contribution in [0.2, 0.25) is 0 Å². The third-order valence-corrected chi connectivity index (χ3v) is 4.48. The molecule has 1 aliphatic rings. The highest BCUT2D eigenvalue weighted by molar-refractivity contribution is 7.99. The molecule has 1 aliphatic heterocycles. The van der Waals surface area contributed by atoms with Crippen LogP contribution in [0.4, 0.5) is 0 Å². The molecule has 0 radical (unpaired) electrons. The molecule has 0 aromatic rings. The van der Waals surface area contributed by atoms with Crippen molar-refractivity contribution in [2.24, 2.45) is 5.92 Å². The molecular formula is C12H24N2OS. The number of carbonyl (C=O) groups is 1. The molecule has 1 rings (SSSR count). The van der Waals surface area contributed by atoms with Crippen molar-refractivity contribution in [1.29, 1.82) is 0 Å². The van der Waals surface area contributed by atoms with Crippen LogP contribution in [0, 0.1) is 5.92 Å². The van der Waals surface area contributed by atoms with Gasteiger partial charge in [0.1, 0.15) is 0 Å². The molecule has 16 heavy (non-hydrogen) atoms. The van der Waals surface area contributed by atoms with Gasteiger partial charge in [0.2, 0.25) is 5.91 Å². The van der Waals surface area contributed by atoms with Crippen molar-refractivity contribution in [1.82, 2.24) is 10.6 Å². The molecule has 4 heteroatoms. The van der Waals surface area contributed by atoms with Crippen molar-refractivity contribution in [3.05, 3.63) is 0 Å². The van der Waals surface area contributed by atoms with Gasteiger partial charge in [0.05, 0.1) is 0 Å². The first-order valence-electron chi connectivity index (χ1n) is 6.01. The van der Waals surface area contributed by atoms with Crippen LogP contribution in [-0.4, -0.2) is 36.0 Å². The summed E-state index contributed by atoms with van der Waals surface area (Å²) in [5, 5.41) is 6.44. The Labute approximate surface area is 103 Å². The highest BCUT2D eigenvalue weighted by Gasteiger charge is 2.26. The Balaban J connectivity index is 2.34. The Kier molecular flexibility index (Phi) is 5.12. The van der Waals surface area contributed by atoms with Gasteiger partial charge in [-0.15, -0.1) is 0 Å². The van der Waals surface area contributed by atoms with E-state index < -0.39 is 0 Å². The lowest BCUT2D eigenvalue weighted by molar-refractivity contribution is -0.126. The van der Waals surface area contributed by atoms with Crippen LogP contribution >= 0.6 is 11.8 Å². The second-order valence-electron chi connectivity index (χ2n) is 5.26. The van der Waals surface area contributed by atoms with Crippen molar-refractivity contribution < 1.29 is 4.79 Å². The molecule has 0 aromatic carbocycles. The number of rotatable bonds is 4. The molecule has 2 atom stereocenters. The summed E-state index contributed by atoms with van der Waals surface area (Å²) < 4.78 is 0.133. The van der Waals surface area contributed by atoms with Gasteiger partial charge >= 0.3 is 0 Å². The Hall–Kier alpha value is -0.220. The molecule has 2 N–H and O–H groups in total. The number of amides is 1. The third kappa shape index (κ3) is 4.34. The quantitative estimate of drug-likeness (QED) is 0.790. The fraction of sp³-hybridized carbons (Fsp3) is 0.917. The number of thioether (sulfide) groups is 1. The van der Waals surface area contributed by atoms with E-state index in [0.717, 1.165) is 25.9 Å². The van der Waals surface area contributed by atoms with Crippen LogP contribution < -0.4 is 10.6 Å². The average Bonchev–Trinajstić information content (AvgIpc) is 2.26. The van der Waals surface area contributed by atoms with E-state index in [0.29, 0.717) is 6.04 Å².